The second kappa shape index (κ2) is 9.53. The van der Waals surface area contributed by atoms with Gasteiger partial charge in [-0.15, -0.1) is 0 Å². The van der Waals surface area contributed by atoms with E-state index in [0.717, 1.165) is 0 Å². The molecule has 1 nitrogen and oxygen atoms in total. The Kier molecular flexibility index (Phi) is 9.38. The van der Waals surface area contributed by atoms with Gasteiger partial charge in [-0.2, -0.15) is 0 Å². The minimum absolute atomic E-state index is 0.624. The van der Waals surface area contributed by atoms with E-state index >= 15 is 0 Å². The summed E-state index contributed by atoms with van der Waals surface area (Å²) >= 11 is 0. The molecule has 0 saturated carbocycles. The third-order valence-electron chi connectivity index (χ3n) is 6.68. The maximum atomic E-state index is 5.35. The van der Waals surface area contributed by atoms with Crippen molar-refractivity contribution in [3.63, 3.8) is 0 Å². The van der Waals surface area contributed by atoms with Gasteiger partial charge in [-0.05, 0) is 44.3 Å². The lowest BCUT2D eigenvalue weighted by atomic mass is 10.5. The van der Waals surface area contributed by atoms with E-state index in [4.69, 9.17) is 4.66 Å². The summed E-state index contributed by atoms with van der Waals surface area (Å²) in [7, 11) is -3.57. The van der Waals surface area contributed by atoms with Crippen molar-refractivity contribution in [2.75, 3.05) is 0 Å². The molecule has 0 aromatic carbocycles. The zero-order valence-electron chi connectivity index (χ0n) is 19.2. The van der Waals surface area contributed by atoms with Gasteiger partial charge in [-0.1, -0.05) is 95.7 Å². The highest BCUT2D eigenvalue weighted by molar-refractivity contribution is 6.92. The Labute approximate surface area is 161 Å². The van der Waals surface area contributed by atoms with E-state index in [0.29, 0.717) is 33.2 Å². The molecule has 0 aromatic heterocycles. The fraction of sp³-hybridized carbons (Fsp3) is 0.818. The summed E-state index contributed by atoms with van der Waals surface area (Å²) in [6.07, 6.45) is 2.09. The molecule has 0 rings (SSSR count). The van der Waals surface area contributed by atoms with Crippen LogP contribution in [0.5, 0.6) is 0 Å². The lowest BCUT2D eigenvalue weighted by Gasteiger charge is -2.43. The van der Waals surface area contributed by atoms with E-state index in [1.807, 2.05) is 0 Å². The quantitative estimate of drug-likeness (QED) is 0.165. The predicted molar refractivity (Wildman–Crippen MR) is 123 cm³/mol. The lowest BCUT2D eigenvalue weighted by Crippen LogP contribution is -2.47. The second-order valence-corrected chi connectivity index (χ2v) is 20.9. The Morgan fingerprint density at radius 3 is 1.20 bits per heavy atom. The highest BCUT2D eigenvalue weighted by Crippen LogP contribution is 2.46. The first-order valence-corrected chi connectivity index (χ1v) is 14.7. The molecule has 0 aliphatic rings. The van der Waals surface area contributed by atoms with Crippen LogP contribution >= 0.6 is 0 Å². The van der Waals surface area contributed by atoms with E-state index < -0.39 is 16.3 Å². The summed E-state index contributed by atoms with van der Waals surface area (Å²) in [5.74, 6) is 3.69. The monoisotopic (exact) mass is 380 g/mol. The van der Waals surface area contributed by atoms with Gasteiger partial charge in [0, 0.05) is 0 Å². The van der Waals surface area contributed by atoms with Crippen molar-refractivity contribution in [2.45, 2.75) is 116 Å². The van der Waals surface area contributed by atoms with Crippen molar-refractivity contribution in [3.05, 3.63) is 17.9 Å². The SMILES string of the molecule is C=CC(=[13C]=N[Si](C(C)C)(C(C)C)C(C)C)[Si](C(C)C)(C(C)C)C(C)C. The van der Waals surface area contributed by atoms with E-state index in [9.17, 15) is 0 Å². The molecule has 0 amide bonds. The molecule has 0 saturated heterocycles. The molecule has 0 bridgehead atoms. The van der Waals surface area contributed by atoms with Gasteiger partial charge < -0.3 is 0 Å². The van der Waals surface area contributed by atoms with Gasteiger partial charge in [0.25, 0.3) is 0 Å². The zero-order chi connectivity index (χ0) is 20.2. The molecule has 0 fully saturated rings. The third kappa shape index (κ3) is 4.49. The maximum absolute atomic E-state index is 5.35. The molecule has 0 aliphatic heterocycles. The molecular formula is C22H45NSi2. The summed E-state index contributed by atoms with van der Waals surface area (Å²) in [6, 6.07) is 0. The van der Waals surface area contributed by atoms with E-state index in [2.05, 4.69) is 102 Å². The van der Waals surface area contributed by atoms with Crippen LogP contribution in [0.3, 0.4) is 0 Å². The normalized spacial score (nSPS) is 13.4. The van der Waals surface area contributed by atoms with Crippen molar-refractivity contribution in [1.29, 1.82) is 0 Å². The van der Waals surface area contributed by atoms with Crippen LogP contribution in [0.4, 0.5) is 0 Å². The highest BCUT2D eigenvalue weighted by Gasteiger charge is 2.47. The lowest BCUT2D eigenvalue weighted by molar-refractivity contribution is 0.811. The van der Waals surface area contributed by atoms with Crippen LogP contribution in [0, 0.1) is 0 Å². The number of rotatable bonds is 9. The Bertz CT molecular complexity index is 449. The van der Waals surface area contributed by atoms with E-state index in [1.165, 1.54) is 5.20 Å². The molecule has 0 unspecified atom stereocenters. The fourth-order valence-corrected chi connectivity index (χ4v) is 17.5. The molecule has 0 heterocycles. The minimum Gasteiger partial charge on any atom is -0.282 e. The van der Waals surface area contributed by atoms with Crippen LogP contribution in [0.15, 0.2) is 22.5 Å². The number of nitrogens with zero attached hydrogens (tertiary/aromatic N) is 1. The molecule has 0 atom stereocenters. The molecule has 0 spiro atoms. The van der Waals surface area contributed by atoms with E-state index in [1.54, 1.807) is 0 Å². The van der Waals surface area contributed by atoms with Gasteiger partial charge in [0.05, 0.1) is 0 Å². The summed E-state index contributed by atoms with van der Waals surface area (Å²) in [4.78, 5) is 0. The Morgan fingerprint density at radius 2 is 1.00 bits per heavy atom. The molecule has 0 N–H and O–H groups in total. The van der Waals surface area contributed by atoms with Gasteiger partial charge in [0.1, 0.15) is 8.07 Å². The summed E-state index contributed by atoms with van der Waals surface area (Å²) in [5.41, 5.74) is 3.86. The van der Waals surface area contributed by atoms with Crippen molar-refractivity contribution < 1.29 is 0 Å². The van der Waals surface area contributed by atoms with Crippen molar-refractivity contribution in [3.8, 4) is 0 Å². The van der Waals surface area contributed by atoms with Gasteiger partial charge in [-0.25, -0.2) is 0 Å². The van der Waals surface area contributed by atoms with Crippen molar-refractivity contribution in [1.82, 2.24) is 0 Å². The van der Waals surface area contributed by atoms with Gasteiger partial charge in [0.2, 0.25) is 8.24 Å². The molecule has 3 heteroatoms. The van der Waals surface area contributed by atoms with Gasteiger partial charge in [-0.3, -0.25) is 4.66 Å². The van der Waals surface area contributed by atoms with Crippen molar-refractivity contribution in [2.24, 2.45) is 4.66 Å². The fourth-order valence-electron chi connectivity index (χ4n) is 5.80. The predicted octanol–water partition coefficient (Wildman–Crippen LogP) is 8.16. The molecular weight excluding hydrogens is 335 g/mol. The highest BCUT2D eigenvalue weighted by atomic mass is 28.3. The van der Waals surface area contributed by atoms with Crippen LogP contribution in [-0.2, 0) is 0 Å². The Hall–Kier alpha value is -0.376. The van der Waals surface area contributed by atoms with Crippen LogP contribution in [0.2, 0.25) is 33.2 Å². The van der Waals surface area contributed by atoms with Crippen LogP contribution in [-0.4, -0.2) is 22.2 Å². The van der Waals surface area contributed by atoms with Crippen LogP contribution in [0.1, 0.15) is 83.1 Å². The Morgan fingerprint density at radius 1 is 0.680 bits per heavy atom. The summed E-state index contributed by atoms with van der Waals surface area (Å²) in [5, 5.41) is 1.35. The summed E-state index contributed by atoms with van der Waals surface area (Å²) < 4.78 is 5.35. The molecule has 146 valence electrons. The average molecular weight is 381 g/mol. The van der Waals surface area contributed by atoms with Gasteiger partial charge >= 0.3 is 0 Å². The zero-order valence-corrected chi connectivity index (χ0v) is 21.2. The third-order valence-corrected chi connectivity index (χ3v) is 19.7. The molecule has 0 radical (unpaired) electrons. The van der Waals surface area contributed by atoms with Crippen molar-refractivity contribution >= 4 is 22.2 Å². The molecule has 0 aromatic rings. The number of hydrogen-bond acceptors (Lipinski definition) is 1. The summed E-state index contributed by atoms with van der Waals surface area (Å²) in [6.45, 7) is 32.8. The average Bonchev–Trinajstić information content (AvgIpc) is 2.43. The van der Waals surface area contributed by atoms with Crippen LogP contribution in [0.25, 0.3) is 0 Å². The largest absolute Gasteiger partial charge is 0.282 e. The van der Waals surface area contributed by atoms with Crippen LogP contribution < -0.4 is 0 Å². The first kappa shape index (κ1) is 24.6. The smallest absolute Gasteiger partial charge is 0.201 e. The standard InChI is InChI=1S/C22H45NSi2/c1-14-22(24(16(2)3,17(4)5)18(6)7)15-23-25(19(8)9,20(10)11)21(12)13/h14,16-21H,1H2,2-13H3/i15+1. The first-order chi connectivity index (χ1) is 11.3. The number of allylic oxidation sites excluding steroid dienone is 2. The maximum Gasteiger partial charge on any atom is 0.201 e. The second-order valence-electron chi connectivity index (χ2n) is 9.59. The van der Waals surface area contributed by atoms with E-state index in [-0.39, 0.29) is 0 Å². The topological polar surface area (TPSA) is 12.4 Å². The van der Waals surface area contributed by atoms with Gasteiger partial charge in [0.15, 0.2) is 0 Å². The first-order valence-electron chi connectivity index (χ1n) is 10.3. The molecule has 0 aliphatic carbocycles. The Balaban J connectivity index is 6.75. The number of hydrogen-bond donors (Lipinski definition) is 0. The minimum atomic E-state index is -1.82. The molecule has 25 heavy (non-hydrogen) atoms.